The van der Waals surface area contributed by atoms with Gasteiger partial charge in [-0.2, -0.15) is 0 Å². The summed E-state index contributed by atoms with van der Waals surface area (Å²) in [7, 11) is 0. The molecule has 1 aromatic carbocycles. The van der Waals surface area contributed by atoms with Crippen LogP contribution in [0.25, 0.3) is 0 Å². The lowest BCUT2D eigenvalue weighted by molar-refractivity contribution is -0.142. The summed E-state index contributed by atoms with van der Waals surface area (Å²) in [6, 6.07) is 10.6. The number of carbonyl (C=O) groups excluding carboxylic acids is 1. The molecule has 0 bridgehead atoms. The molecule has 7 heteroatoms. The summed E-state index contributed by atoms with van der Waals surface area (Å²) in [5, 5.41) is 3.44. The van der Waals surface area contributed by atoms with E-state index in [0.29, 0.717) is 25.1 Å². The topological polar surface area (TPSA) is 93.4 Å². The van der Waals surface area contributed by atoms with Gasteiger partial charge in [0.25, 0.3) is 0 Å². The van der Waals surface area contributed by atoms with Crippen molar-refractivity contribution in [2.24, 2.45) is 17.6 Å². The third kappa shape index (κ3) is 4.75. The maximum Gasteiger partial charge on any atom is 0.226 e. The second-order valence-corrected chi connectivity index (χ2v) is 9.97. The van der Waals surface area contributed by atoms with Gasteiger partial charge in [0, 0.05) is 36.9 Å². The third-order valence-electron chi connectivity index (χ3n) is 7.62. The number of hydrogen-bond donors (Lipinski definition) is 2. The van der Waals surface area contributed by atoms with Gasteiger partial charge in [-0.1, -0.05) is 44.2 Å². The Morgan fingerprint density at radius 1 is 1.24 bits per heavy atom. The molecule has 1 saturated heterocycles. The first-order chi connectivity index (χ1) is 15.8. The average molecular weight is 452 g/mol. The highest BCUT2D eigenvalue weighted by atomic mass is 16.5. The van der Waals surface area contributed by atoms with Crippen molar-refractivity contribution in [3.05, 3.63) is 53.3 Å². The molecule has 0 spiro atoms. The maximum absolute atomic E-state index is 13.7. The molecule has 2 aliphatic heterocycles. The summed E-state index contributed by atoms with van der Waals surface area (Å²) in [5.41, 5.74) is 8.83. The SMILES string of the molecule is CC(C(=O)N1Cc2nc(NC3CCOCC3)ncc2C1(C)C)C(C)C(CN)c1ccccc1. The van der Waals surface area contributed by atoms with E-state index in [2.05, 4.69) is 43.2 Å². The van der Waals surface area contributed by atoms with Crippen LogP contribution in [0.15, 0.2) is 36.5 Å². The Morgan fingerprint density at radius 2 is 1.94 bits per heavy atom. The first kappa shape index (κ1) is 23.6. The quantitative estimate of drug-likeness (QED) is 0.667. The molecule has 7 nitrogen and oxygen atoms in total. The van der Waals surface area contributed by atoms with Crippen molar-refractivity contribution in [1.29, 1.82) is 0 Å². The number of rotatable bonds is 7. The fourth-order valence-corrected chi connectivity index (χ4v) is 5.16. The molecule has 1 aromatic heterocycles. The number of amides is 1. The molecule has 0 radical (unpaired) electrons. The van der Waals surface area contributed by atoms with E-state index in [1.54, 1.807) is 0 Å². The summed E-state index contributed by atoms with van der Waals surface area (Å²) < 4.78 is 5.44. The number of fused-ring (bicyclic) bond motifs is 1. The maximum atomic E-state index is 13.7. The molecule has 178 valence electrons. The van der Waals surface area contributed by atoms with Gasteiger partial charge in [0.05, 0.1) is 17.8 Å². The monoisotopic (exact) mass is 451 g/mol. The second-order valence-electron chi connectivity index (χ2n) is 9.97. The van der Waals surface area contributed by atoms with Crippen LogP contribution < -0.4 is 11.1 Å². The number of nitrogens with zero attached hydrogens (tertiary/aromatic N) is 3. The zero-order valence-electron chi connectivity index (χ0n) is 20.3. The van der Waals surface area contributed by atoms with Gasteiger partial charge in [-0.25, -0.2) is 9.97 Å². The number of nitrogens with two attached hydrogens (primary N) is 1. The molecule has 2 aliphatic rings. The number of aromatic nitrogens is 2. The van der Waals surface area contributed by atoms with Crippen LogP contribution >= 0.6 is 0 Å². The molecular formula is C26H37N5O2. The van der Waals surface area contributed by atoms with Crippen LogP contribution in [0.3, 0.4) is 0 Å². The van der Waals surface area contributed by atoms with Gasteiger partial charge >= 0.3 is 0 Å². The molecule has 1 fully saturated rings. The van der Waals surface area contributed by atoms with Gasteiger partial charge in [0.15, 0.2) is 0 Å². The van der Waals surface area contributed by atoms with Gasteiger partial charge in [-0.05, 0) is 50.6 Å². The minimum Gasteiger partial charge on any atom is -0.381 e. The van der Waals surface area contributed by atoms with Gasteiger partial charge < -0.3 is 20.7 Å². The highest BCUT2D eigenvalue weighted by Gasteiger charge is 2.44. The highest BCUT2D eigenvalue weighted by Crippen LogP contribution is 2.40. The zero-order chi connectivity index (χ0) is 23.6. The number of hydrogen-bond acceptors (Lipinski definition) is 6. The predicted molar refractivity (Wildman–Crippen MR) is 130 cm³/mol. The zero-order valence-corrected chi connectivity index (χ0v) is 20.3. The van der Waals surface area contributed by atoms with E-state index in [9.17, 15) is 4.79 Å². The van der Waals surface area contributed by atoms with E-state index >= 15 is 0 Å². The van der Waals surface area contributed by atoms with Crippen molar-refractivity contribution >= 4 is 11.9 Å². The van der Waals surface area contributed by atoms with E-state index in [1.807, 2.05) is 36.2 Å². The van der Waals surface area contributed by atoms with Crippen LogP contribution in [0.2, 0.25) is 0 Å². The van der Waals surface area contributed by atoms with Crippen molar-refractivity contribution in [3.63, 3.8) is 0 Å². The van der Waals surface area contributed by atoms with E-state index in [0.717, 1.165) is 37.3 Å². The number of ether oxygens (including phenoxy) is 1. The fourth-order valence-electron chi connectivity index (χ4n) is 5.16. The lowest BCUT2D eigenvalue weighted by Crippen LogP contribution is -2.45. The first-order valence-corrected chi connectivity index (χ1v) is 12.1. The molecule has 3 unspecified atom stereocenters. The summed E-state index contributed by atoms with van der Waals surface area (Å²) in [4.78, 5) is 25.1. The Bertz CT molecular complexity index is 958. The van der Waals surface area contributed by atoms with Gasteiger partial charge in [-0.3, -0.25) is 4.79 Å². The number of benzene rings is 1. The summed E-state index contributed by atoms with van der Waals surface area (Å²) in [5.74, 6) is 0.855. The van der Waals surface area contributed by atoms with Crippen molar-refractivity contribution < 1.29 is 9.53 Å². The van der Waals surface area contributed by atoms with Crippen LogP contribution in [-0.2, 0) is 21.6 Å². The van der Waals surface area contributed by atoms with Crippen molar-refractivity contribution in [1.82, 2.24) is 14.9 Å². The Hall–Kier alpha value is -2.51. The Morgan fingerprint density at radius 3 is 2.61 bits per heavy atom. The smallest absolute Gasteiger partial charge is 0.226 e. The molecule has 1 amide bonds. The Labute approximate surface area is 197 Å². The normalized spacial score (nSPS) is 20.7. The van der Waals surface area contributed by atoms with Crippen molar-refractivity contribution in [2.45, 2.75) is 64.6 Å². The fraction of sp³-hybridized carbons (Fsp3) is 0.577. The highest BCUT2D eigenvalue weighted by molar-refractivity contribution is 5.80. The molecule has 3 atom stereocenters. The lowest BCUT2D eigenvalue weighted by atomic mass is 9.79. The molecule has 3 N–H and O–H groups in total. The Kier molecular flexibility index (Phi) is 7.00. The molecule has 0 aliphatic carbocycles. The molecule has 33 heavy (non-hydrogen) atoms. The molecule has 4 rings (SSSR count). The molecule has 2 aromatic rings. The molecule has 0 saturated carbocycles. The minimum atomic E-state index is -0.456. The molecule has 3 heterocycles. The summed E-state index contributed by atoms with van der Waals surface area (Å²) >= 11 is 0. The largest absolute Gasteiger partial charge is 0.381 e. The van der Waals surface area contributed by atoms with E-state index < -0.39 is 5.54 Å². The second kappa shape index (κ2) is 9.77. The van der Waals surface area contributed by atoms with Crippen LogP contribution in [0.5, 0.6) is 0 Å². The van der Waals surface area contributed by atoms with Crippen molar-refractivity contribution in [3.8, 4) is 0 Å². The van der Waals surface area contributed by atoms with Gasteiger partial charge in [0.2, 0.25) is 11.9 Å². The van der Waals surface area contributed by atoms with Crippen LogP contribution in [0, 0.1) is 11.8 Å². The standard InChI is InChI=1S/C26H37N5O2/c1-17(21(14-27)19-8-6-5-7-9-19)18(2)24(32)31-16-23-22(26(31,3)4)15-28-25(30-23)29-20-10-12-33-13-11-20/h5-9,15,17-18,20-21H,10-14,16,27H2,1-4H3,(H,28,29,30). The lowest BCUT2D eigenvalue weighted by Gasteiger charge is -2.37. The van der Waals surface area contributed by atoms with E-state index in [4.69, 9.17) is 15.5 Å². The van der Waals surface area contributed by atoms with Crippen LogP contribution in [-0.4, -0.2) is 46.6 Å². The van der Waals surface area contributed by atoms with Gasteiger partial charge in [0.1, 0.15) is 0 Å². The number of carbonyl (C=O) groups is 1. The summed E-state index contributed by atoms with van der Waals surface area (Å²) in [6.45, 7) is 10.9. The Balaban J connectivity index is 1.49. The van der Waals surface area contributed by atoms with E-state index in [-0.39, 0.29) is 23.7 Å². The van der Waals surface area contributed by atoms with Gasteiger partial charge in [-0.15, -0.1) is 0 Å². The van der Waals surface area contributed by atoms with Crippen LogP contribution in [0.1, 0.15) is 63.3 Å². The van der Waals surface area contributed by atoms with Crippen molar-refractivity contribution in [2.75, 3.05) is 25.1 Å². The third-order valence-corrected chi connectivity index (χ3v) is 7.62. The number of nitrogens with one attached hydrogen (secondary N) is 1. The first-order valence-electron chi connectivity index (χ1n) is 12.1. The number of anilines is 1. The predicted octanol–water partition coefficient (Wildman–Crippen LogP) is 3.66. The average Bonchev–Trinajstić information content (AvgIpc) is 3.09. The van der Waals surface area contributed by atoms with E-state index in [1.165, 1.54) is 5.56 Å². The minimum absolute atomic E-state index is 0.112. The summed E-state index contributed by atoms with van der Waals surface area (Å²) in [6.07, 6.45) is 3.80. The molecular weight excluding hydrogens is 414 g/mol. The van der Waals surface area contributed by atoms with Crippen LogP contribution in [0.4, 0.5) is 5.95 Å².